The number of hydrogen-bond acceptors (Lipinski definition) is 1. The van der Waals surface area contributed by atoms with Crippen LogP contribution in [0.5, 0.6) is 0 Å². The van der Waals surface area contributed by atoms with Gasteiger partial charge in [-0.15, -0.1) is 0 Å². The van der Waals surface area contributed by atoms with Crippen LogP contribution >= 0.6 is 0 Å². The van der Waals surface area contributed by atoms with E-state index in [4.69, 9.17) is 0 Å². The minimum Gasteiger partial charge on any atom is -0.311 e. The zero-order chi connectivity index (χ0) is 11.7. The first-order valence-corrected chi connectivity index (χ1v) is 5.79. The summed E-state index contributed by atoms with van der Waals surface area (Å²) in [6.07, 6.45) is 2.42. The van der Waals surface area contributed by atoms with E-state index in [2.05, 4.69) is 5.32 Å². The highest BCUT2D eigenvalue weighted by Gasteiger charge is 2.26. The molecule has 1 aromatic rings. The molecule has 2 rings (SSSR count). The monoisotopic (exact) mass is 225 g/mol. The maximum atomic E-state index is 13.5. The molecule has 0 heterocycles. The van der Waals surface area contributed by atoms with Crippen LogP contribution in [0.2, 0.25) is 0 Å². The molecule has 2 atom stereocenters. The van der Waals surface area contributed by atoms with Crippen LogP contribution in [-0.2, 0) is 0 Å². The predicted octanol–water partition coefficient (Wildman–Crippen LogP) is 3.21. The molecule has 0 saturated heterocycles. The van der Waals surface area contributed by atoms with Crippen molar-refractivity contribution in [1.29, 1.82) is 0 Å². The average molecular weight is 225 g/mol. The Hall–Kier alpha value is -0.960. The summed E-state index contributed by atoms with van der Waals surface area (Å²) in [5, 5.41) is 3.43. The van der Waals surface area contributed by atoms with Gasteiger partial charge in [0.15, 0.2) is 0 Å². The lowest BCUT2D eigenvalue weighted by Crippen LogP contribution is -2.32. The van der Waals surface area contributed by atoms with Gasteiger partial charge in [0.1, 0.15) is 11.6 Å². The van der Waals surface area contributed by atoms with E-state index in [1.165, 1.54) is 18.9 Å². The van der Waals surface area contributed by atoms with Crippen LogP contribution in [-0.4, -0.2) is 12.1 Å². The molecule has 3 heteroatoms. The van der Waals surface area contributed by atoms with Gasteiger partial charge in [-0.25, -0.2) is 8.78 Å². The smallest absolute Gasteiger partial charge is 0.129 e. The van der Waals surface area contributed by atoms with Crippen molar-refractivity contribution in [2.75, 3.05) is 0 Å². The molecule has 0 aliphatic heterocycles. The molecule has 0 aromatic heterocycles. The molecule has 2 unspecified atom stereocenters. The Kier molecular flexibility index (Phi) is 3.24. The van der Waals surface area contributed by atoms with E-state index in [1.807, 2.05) is 13.8 Å². The van der Waals surface area contributed by atoms with Crippen molar-refractivity contribution in [1.82, 2.24) is 5.32 Å². The molecule has 88 valence electrons. The van der Waals surface area contributed by atoms with Crippen molar-refractivity contribution in [3.8, 4) is 0 Å². The molecule has 1 aromatic carbocycles. The van der Waals surface area contributed by atoms with Crippen molar-refractivity contribution in [2.24, 2.45) is 0 Å². The Balaban J connectivity index is 2.08. The van der Waals surface area contributed by atoms with Crippen LogP contribution in [0.25, 0.3) is 0 Å². The lowest BCUT2D eigenvalue weighted by atomic mass is 9.94. The third-order valence-corrected chi connectivity index (χ3v) is 3.28. The van der Waals surface area contributed by atoms with Crippen LogP contribution in [0.4, 0.5) is 8.78 Å². The van der Waals surface area contributed by atoms with Gasteiger partial charge in [-0.05, 0) is 37.3 Å². The van der Waals surface area contributed by atoms with Gasteiger partial charge in [-0.3, -0.25) is 0 Å². The van der Waals surface area contributed by atoms with Crippen LogP contribution in [0.15, 0.2) is 18.2 Å². The Labute approximate surface area is 94.9 Å². The van der Waals surface area contributed by atoms with Crippen molar-refractivity contribution in [3.05, 3.63) is 35.4 Å². The summed E-state index contributed by atoms with van der Waals surface area (Å²) >= 11 is 0. The van der Waals surface area contributed by atoms with E-state index in [0.29, 0.717) is 11.6 Å². The largest absolute Gasteiger partial charge is 0.311 e. The lowest BCUT2D eigenvalue weighted by Gasteiger charge is -2.22. The highest BCUT2D eigenvalue weighted by molar-refractivity contribution is 5.23. The van der Waals surface area contributed by atoms with Gasteiger partial charge in [0.2, 0.25) is 0 Å². The molecule has 1 aliphatic carbocycles. The number of benzene rings is 1. The molecular formula is C13H17F2N. The van der Waals surface area contributed by atoms with E-state index in [9.17, 15) is 8.78 Å². The number of rotatable bonds is 4. The summed E-state index contributed by atoms with van der Waals surface area (Å²) in [6.45, 7) is 4.02. The van der Waals surface area contributed by atoms with Crippen LogP contribution < -0.4 is 5.32 Å². The second kappa shape index (κ2) is 4.50. The van der Waals surface area contributed by atoms with Gasteiger partial charge >= 0.3 is 0 Å². The molecule has 1 nitrogen and oxygen atoms in total. The number of hydrogen-bond donors (Lipinski definition) is 1. The highest BCUT2D eigenvalue weighted by Crippen LogP contribution is 2.26. The van der Waals surface area contributed by atoms with Crippen molar-refractivity contribution in [2.45, 2.75) is 44.7 Å². The first-order chi connectivity index (χ1) is 7.58. The zero-order valence-corrected chi connectivity index (χ0v) is 9.63. The zero-order valence-electron chi connectivity index (χ0n) is 9.63. The molecule has 0 spiro atoms. The molecule has 1 saturated carbocycles. The van der Waals surface area contributed by atoms with Gasteiger partial charge in [0, 0.05) is 18.2 Å². The molecule has 0 radical (unpaired) electrons. The highest BCUT2D eigenvalue weighted by atomic mass is 19.1. The summed E-state index contributed by atoms with van der Waals surface area (Å²) < 4.78 is 26.3. The second-order valence-corrected chi connectivity index (χ2v) is 4.68. The van der Waals surface area contributed by atoms with Crippen LogP contribution in [0.3, 0.4) is 0 Å². The molecular weight excluding hydrogens is 208 g/mol. The Morgan fingerprint density at radius 1 is 1.25 bits per heavy atom. The van der Waals surface area contributed by atoms with Gasteiger partial charge < -0.3 is 5.32 Å². The van der Waals surface area contributed by atoms with Crippen molar-refractivity contribution < 1.29 is 8.78 Å². The average Bonchev–Trinajstić information content (AvgIpc) is 3.00. The number of halogens is 2. The van der Waals surface area contributed by atoms with E-state index >= 15 is 0 Å². The fourth-order valence-corrected chi connectivity index (χ4v) is 1.91. The van der Waals surface area contributed by atoms with E-state index < -0.39 is 11.6 Å². The quantitative estimate of drug-likeness (QED) is 0.829. The van der Waals surface area contributed by atoms with Gasteiger partial charge in [-0.1, -0.05) is 13.0 Å². The predicted molar refractivity (Wildman–Crippen MR) is 60.4 cm³/mol. The second-order valence-electron chi connectivity index (χ2n) is 4.68. The fraction of sp³-hybridized carbons (Fsp3) is 0.538. The van der Waals surface area contributed by atoms with Crippen molar-refractivity contribution in [3.63, 3.8) is 0 Å². The van der Waals surface area contributed by atoms with Crippen LogP contribution in [0.1, 0.15) is 38.2 Å². The Bertz CT molecular complexity index is 374. The normalized spacial score (nSPS) is 19.5. The first-order valence-electron chi connectivity index (χ1n) is 5.79. The number of nitrogens with one attached hydrogen (secondary N) is 1. The van der Waals surface area contributed by atoms with E-state index in [1.54, 1.807) is 6.07 Å². The molecule has 1 N–H and O–H groups in total. The SMILES string of the molecule is CC(NC1CC1)C(C)c1ccc(F)cc1F. The topological polar surface area (TPSA) is 12.0 Å². The maximum Gasteiger partial charge on any atom is 0.129 e. The molecule has 0 bridgehead atoms. The standard InChI is InChI=1S/C13H17F2N/c1-8(9(2)16-11-4-5-11)12-6-3-10(14)7-13(12)15/h3,6-9,11,16H,4-5H2,1-2H3. The summed E-state index contributed by atoms with van der Waals surface area (Å²) in [6, 6.07) is 4.63. The molecule has 1 fully saturated rings. The summed E-state index contributed by atoms with van der Waals surface area (Å²) in [7, 11) is 0. The minimum atomic E-state index is -0.517. The third-order valence-electron chi connectivity index (χ3n) is 3.28. The maximum absolute atomic E-state index is 13.5. The van der Waals surface area contributed by atoms with E-state index in [0.717, 1.165) is 6.07 Å². The summed E-state index contributed by atoms with van der Waals surface area (Å²) in [4.78, 5) is 0. The van der Waals surface area contributed by atoms with Gasteiger partial charge in [-0.2, -0.15) is 0 Å². The molecule has 16 heavy (non-hydrogen) atoms. The first kappa shape index (κ1) is 11.5. The van der Waals surface area contributed by atoms with Gasteiger partial charge in [0.05, 0.1) is 0 Å². The fourth-order valence-electron chi connectivity index (χ4n) is 1.91. The lowest BCUT2D eigenvalue weighted by molar-refractivity contribution is 0.460. The molecule has 0 amide bonds. The van der Waals surface area contributed by atoms with E-state index in [-0.39, 0.29) is 12.0 Å². The van der Waals surface area contributed by atoms with Gasteiger partial charge in [0.25, 0.3) is 0 Å². The summed E-state index contributed by atoms with van der Waals surface area (Å²) in [5.74, 6) is -0.908. The third kappa shape index (κ3) is 2.59. The van der Waals surface area contributed by atoms with Crippen LogP contribution in [0, 0.1) is 11.6 Å². The Morgan fingerprint density at radius 2 is 1.94 bits per heavy atom. The van der Waals surface area contributed by atoms with Crippen molar-refractivity contribution >= 4 is 0 Å². The minimum absolute atomic E-state index is 0.0567. The molecule has 1 aliphatic rings. The summed E-state index contributed by atoms with van der Waals surface area (Å²) in [5.41, 5.74) is 0.585. The Morgan fingerprint density at radius 3 is 2.50 bits per heavy atom.